The minimum atomic E-state index is 0.120. The Morgan fingerprint density at radius 3 is 3.17 bits per heavy atom. The van der Waals surface area contributed by atoms with Crippen molar-refractivity contribution in [3.8, 4) is 0 Å². The Bertz CT molecular complexity index is 598. The standard InChI is InChI=1S/C18H28N4O/c1-3-4-6-12-9-14(21-20-12)17(23)22-11-13-10-18(2)15(19-13)7-5-8-16(18)22/h9,13,15-16,19H,3-8,10-11H2,1-2H3,(H,20,21)/t13-,15-,16+,18-/m0/s1. The van der Waals surface area contributed by atoms with Crippen LogP contribution in [-0.4, -0.2) is 45.7 Å². The summed E-state index contributed by atoms with van der Waals surface area (Å²) in [6, 6.07) is 3.38. The molecule has 1 amide bonds. The topological polar surface area (TPSA) is 61.0 Å². The van der Waals surface area contributed by atoms with Crippen LogP contribution in [-0.2, 0) is 6.42 Å². The van der Waals surface area contributed by atoms with Gasteiger partial charge >= 0.3 is 0 Å². The molecule has 3 aliphatic rings. The molecular formula is C18H28N4O. The lowest BCUT2D eigenvalue weighted by molar-refractivity contribution is 0.0127. The van der Waals surface area contributed by atoms with Gasteiger partial charge in [-0.2, -0.15) is 5.10 Å². The number of aryl methyl sites for hydroxylation is 1. The number of fused-ring (bicyclic) bond motifs is 1. The van der Waals surface area contributed by atoms with Crippen LogP contribution in [0.2, 0.25) is 0 Å². The third-order valence-electron chi connectivity index (χ3n) is 6.35. The first-order valence-electron chi connectivity index (χ1n) is 9.23. The molecule has 2 bridgehead atoms. The van der Waals surface area contributed by atoms with E-state index in [0.717, 1.165) is 37.9 Å². The second-order valence-corrected chi connectivity index (χ2v) is 7.91. The van der Waals surface area contributed by atoms with Crippen LogP contribution >= 0.6 is 0 Å². The second-order valence-electron chi connectivity index (χ2n) is 7.91. The number of hydrogen-bond acceptors (Lipinski definition) is 3. The van der Waals surface area contributed by atoms with Crippen LogP contribution in [0, 0.1) is 5.41 Å². The molecule has 0 unspecified atom stereocenters. The number of aromatic nitrogens is 2. The molecule has 0 spiro atoms. The number of nitrogens with one attached hydrogen (secondary N) is 2. The molecule has 5 nitrogen and oxygen atoms in total. The normalized spacial score (nSPS) is 35.6. The number of hydrogen-bond donors (Lipinski definition) is 2. The monoisotopic (exact) mass is 316 g/mol. The first kappa shape index (κ1) is 15.2. The summed E-state index contributed by atoms with van der Waals surface area (Å²) >= 11 is 0. The van der Waals surface area contributed by atoms with Crippen LogP contribution in [0.4, 0.5) is 0 Å². The molecule has 2 saturated heterocycles. The summed E-state index contributed by atoms with van der Waals surface area (Å²) in [5.41, 5.74) is 1.93. The molecular weight excluding hydrogens is 288 g/mol. The van der Waals surface area contributed by atoms with E-state index in [0.29, 0.717) is 23.8 Å². The van der Waals surface area contributed by atoms with Crippen molar-refractivity contribution in [2.24, 2.45) is 5.41 Å². The van der Waals surface area contributed by atoms with E-state index >= 15 is 0 Å². The summed E-state index contributed by atoms with van der Waals surface area (Å²) in [5.74, 6) is 0.120. The predicted octanol–water partition coefficient (Wildman–Crippen LogP) is 2.50. The first-order chi connectivity index (χ1) is 11.1. The largest absolute Gasteiger partial charge is 0.332 e. The lowest BCUT2D eigenvalue weighted by Crippen LogP contribution is -2.57. The highest BCUT2D eigenvalue weighted by atomic mass is 16.2. The molecule has 1 aromatic heterocycles. The first-order valence-corrected chi connectivity index (χ1v) is 9.23. The van der Waals surface area contributed by atoms with Crippen molar-refractivity contribution in [3.63, 3.8) is 0 Å². The fourth-order valence-electron chi connectivity index (χ4n) is 5.17. The SMILES string of the molecule is CCCCc1cc(C(=O)N2C[C@@H]3C[C@@]4(C)[C@H](CCC[C@@H]24)N3)n[nH]1. The predicted molar refractivity (Wildman–Crippen MR) is 89.3 cm³/mol. The van der Waals surface area contributed by atoms with Crippen LogP contribution in [0.5, 0.6) is 0 Å². The summed E-state index contributed by atoms with van der Waals surface area (Å²) in [6.45, 7) is 5.40. The number of aromatic amines is 1. The number of carbonyl (C=O) groups excluding carboxylic acids is 1. The third-order valence-corrected chi connectivity index (χ3v) is 6.35. The zero-order chi connectivity index (χ0) is 16.0. The van der Waals surface area contributed by atoms with Gasteiger partial charge in [-0.1, -0.05) is 20.3 Å². The van der Waals surface area contributed by atoms with E-state index in [9.17, 15) is 4.79 Å². The Morgan fingerprint density at radius 1 is 1.48 bits per heavy atom. The number of unbranched alkanes of at least 4 members (excludes halogenated alkanes) is 1. The zero-order valence-corrected chi connectivity index (χ0v) is 14.3. The van der Waals surface area contributed by atoms with Gasteiger partial charge in [0.15, 0.2) is 0 Å². The molecule has 126 valence electrons. The van der Waals surface area contributed by atoms with E-state index in [2.05, 4.69) is 34.3 Å². The molecule has 23 heavy (non-hydrogen) atoms. The molecule has 0 aromatic carbocycles. The average molecular weight is 316 g/mol. The van der Waals surface area contributed by atoms with Crippen molar-refractivity contribution in [2.45, 2.75) is 76.9 Å². The van der Waals surface area contributed by atoms with Gasteiger partial charge in [0, 0.05) is 35.8 Å². The highest BCUT2D eigenvalue weighted by Crippen LogP contribution is 2.50. The maximum Gasteiger partial charge on any atom is 0.274 e. The molecule has 2 aliphatic heterocycles. The number of likely N-dealkylation sites (tertiary alicyclic amines) is 1. The lowest BCUT2D eigenvalue weighted by atomic mass is 9.66. The van der Waals surface area contributed by atoms with Gasteiger partial charge < -0.3 is 10.2 Å². The lowest BCUT2D eigenvalue weighted by Gasteiger charge is -2.50. The van der Waals surface area contributed by atoms with Crippen LogP contribution in [0.15, 0.2) is 6.07 Å². The van der Waals surface area contributed by atoms with Crippen molar-refractivity contribution in [3.05, 3.63) is 17.5 Å². The van der Waals surface area contributed by atoms with Crippen molar-refractivity contribution >= 4 is 5.91 Å². The number of amides is 1. The van der Waals surface area contributed by atoms with Gasteiger partial charge in [-0.05, 0) is 44.6 Å². The molecule has 1 saturated carbocycles. The molecule has 5 heteroatoms. The molecule has 0 radical (unpaired) electrons. The second kappa shape index (κ2) is 5.62. The summed E-state index contributed by atoms with van der Waals surface area (Å²) in [5, 5.41) is 11.1. The van der Waals surface area contributed by atoms with Gasteiger partial charge in [-0.25, -0.2) is 0 Å². The summed E-state index contributed by atoms with van der Waals surface area (Å²) in [7, 11) is 0. The fourth-order valence-corrected chi connectivity index (χ4v) is 5.17. The Kier molecular flexibility index (Phi) is 3.71. The smallest absolute Gasteiger partial charge is 0.274 e. The quantitative estimate of drug-likeness (QED) is 0.897. The Labute approximate surface area is 138 Å². The van der Waals surface area contributed by atoms with E-state index in [-0.39, 0.29) is 11.3 Å². The minimum Gasteiger partial charge on any atom is -0.332 e. The Morgan fingerprint density at radius 2 is 2.35 bits per heavy atom. The van der Waals surface area contributed by atoms with Crippen LogP contribution in [0.3, 0.4) is 0 Å². The molecule has 2 N–H and O–H groups in total. The highest BCUT2D eigenvalue weighted by Gasteiger charge is 2.56. The highest BCUT2D eigenvalue weighted by molar-refractivity contribution is 5.93. The maximum atomic E-state index is 13.1. The van der Waals surface area contributed by atoms with Gasteiger partial charge in [-0.15, -0.1) is 0 Å². The van der Waals surface area contributed by atoms with Crippen molar-refractivity contribution in [1.29, 1.82) is 0 Å². The minimum absolute atomic E-state index is 0.120. The zero-order valence-electron chi connectivity index (χ0n) is 14.3. The Hall–Kier alpha value is -1.36. The summed E-state index contributed by atoms with van der Waals surface area (Å²) in [6.07, 6.45) is 8.10. The number of H-pyrrole nitrogens is 1. The van der Waals surface area contributed by atoms with E-state index < -0.39 is 0 Å². The summed E-state index contributed by atoms with van der Waals surface area (Å²) in [4.78, 5) is 15.2. The number of nitrogens with zero attached hydrogens (tertiary/aromatic N) is 2. The van der Waals surface area contributed by atoms with Gasteiger partial charge in [-0.3, -0.25) is 9.89 Å². The van der Waals surface area contributed by atoms with Crippen molar-refractivity contribution < 1.29 is 4.79 Å². The molecule has 1 aliphatic carbocycles. The van der Waals surface area contributed by atoms with E-state index in [1.807, 2.05) is 6.07 Å². The van der Waals surface area contributed by atoms with Gasteiger partial charge in [0.05, 0.1) is 0 Å². The number of rotatable bonds is 4. The third kappa shape index (κ3) is 2.40. The molecule has 4 rings (SSSR count). The van der Waals surface area contributed by atoms with E-state index in [1.165, 1.54) is 19.3 Å². The van der Waals surface area contributed by atoms with Crippen molar-refractivity contribution in [2.75, 3.05) is 6.54 Å². The van der Waals surface area contributed by atoms with Gasteiger partial charge in [0.25, 0.3) is 5.91 Å². The maximum absolute atomic E-state index is 13.1. The Balaban J connectivity index is 1.55. The molecule has 3 fully saturated rings. The van der Waals surface area contributed by atoms with Crippen LogP contribution < -0.4 is 5.32 Å². The summed E-state index contributed by atoms with van der Waals surface area (Å²) < 4.78 is 0. The molecule has 1 aromatic rings. The van der Waals surface area contributed by atoms with Crippen LogP contribution in [0.25, 0.3) is 0 Å². The average Bonchev–Trinajstić information content (AvgIpc) is 3.13. The fraction of sp³-hybridized carbons (Fsp3) is 0.778. The van der Waals surface area contributed by atoms with Crippen molar-refractivity contribution in [1.82, 2.24) is 20.4 Å². The molecule has 4 atom stereocenters. The van der Waals surface area contributed by atoms with Gasteiger partial charge in [0.2, 0.25) is 0 Å². The number of piperidine rings is 1. The van der Waals surface area contributed by atoms with E-state index in [1.54, 1.807) is 0 Å². The number of carbonyl (C=O) groups is 1. The molecule has 3 heterocycles. The van der Waals surface area contributed by atoms with E-state index in [4.69, 9.17) is 0 Å². The van der Waals surface area contributed by atoms with Gasteiger partial charge in [0.1, 0.15) is 5.69 Å². The van der Waals surface area contributed by atoms with Crippen LogP contribution in [0.1, 0.15) is 68.6 Å².